The fraction of sp³-hybridized carbons (Fsp3) is 0.818. The van der Waals surface area contributed by atoms with Gasteiger partial charge in [0.2, 0.25) is 0 Å². The third-order valence-corrected chi connectivity index (χ3v) is 2.80. The lowest BCUT2D eigenvalue weighted by atomic mass is 9.96. The molecule has 0 aromatic carbocycles. The second-order valence-electron chi connectivity index (χ2n) is 5.47. The number of carbonyl (C=O) groups excluding carboxylic acids is 1. The number of nitrogens with two attached hydrogens (primary N) is 1. The highest BCUT2D eigenvalue weighted by Crippen LogP contribution is 2.17. The molecule has 98 valence electrons. The molecule has 0 radical (unpaired) electrons. The summed E-state index contributed by atoms with van der Waals surface area (Å²) >= 11 is 0. The molecule has 0 aromatic rings. The predicted molar refractivity (Wildman–Crippen MR) is 66.0 cm³/mol. The number of likely N-dealkylation sites (tertiary alicyclic amines) is 1. The first-order chi connectivity index (χ1) is 7.83. The Hall–Kier alpha value is -1.46. The molecule has 0 aliphatic carbocycles. The summed E-state index contributed by atoms with van der Waals surface area (Å²) in [5.41, 5.74) is 5.33. The lowest BCUT2D eigenvalue weighted by molar-refractivity contribution is 0.171. The van der Waals surface area contributed by atoms with Crippen LogP contribution in [-0.2, 0) is 0 Å². The number of hydrogen-bond donors (Lipinski definition) is 3. The van der Waals surface area contributed by atoms with Crippen LogP contribution in [0.4, 0.5) is 4.79 Å². The monoisotopic (exact) mass is 242 g/mol. The van der Waals surface area contributed by atoms with Crippen molar-refractivity contribution in [2.75, 3.05) is 13.1 Å². The minimum Gasteiger partial charge on any atom is -0.409 e. The van der Waals surface area contributed by atoms with Crippen molar-refractivity contribution in [1.82, 2.24) is 10.2 Å². The lowest BCUT2D eigenvalue weighted by Crippen LogP contribution is -2.51. The maximum atomic E-state index is 11.9. The molecular formula is C11H22N4O2. The Morgan fingerprint density at radius 1 is 1.41 bits per heavy atom. The molecule has 1 aliphatic rings. The van der Waals surface area contributed by atoms with Crippen LogP contribution >= 0.6 is 0 Å². The summed E-state index contributed by atoms with van der Waals surface area (Å²) in [6.07, 6.45) is 1.49. The van der Waals surface area contributed by atoms with Gasteiger partial charge in [0.1, 0.15) is 5.84 Å². The molecule has 17 heavy (non-hydrogen) atoms. The standard InChI is InChI=1S/C11H22N4O2/c1-11(2,3)13-10(16)15-6-4-8(5-7-15)9(12)14-17/h8,17H,4-7H2,1-3H3,(H2,12,14)(H,13,16). The predicted octanol–water partition coefficient (Wildman–Crippen LogP) is 0.953. The molecule has 0 bridgehead atoms. The summed E-state index contributed by atoms with van der Waals surface area (Å²) in [5, 5.41) is 14.5. The highest BCUT2D eigenvalue weighted by Gasteiger charge is 2.26. The van der Waals surface area contributed by atoms with Crippen LogP contribution in [0.2, 0.25) is 0 Å². The second kappa shape index (κ2) is 5.25. The Bertz CT molecular complexity index is 301. The van der Waals surface area contributed by atoms with Gasteiger partial charge in [-0.05, 0) is 33.6 Å². The number of carbonyl (C=O) groups is 1. The van der Waals surface area contributed by atoms with E-state index in [9.17, 15) is 4.79 Å². The van der Waals surface area contributed by atoms with E-state index in [2.05, 4.69) is 10.5 Å². The third-order valence-electron chi connectivity index (χ3n) is 2.80. The van der Waals surface area contributed by atoms with E-state index in [1.54, 1.807) is 4.90 Å². The van der Waals surface area contributed by atoms with Crippen molar-refractivity contribution in [3.63, 3.8) is 0 Å². The molecule has 0 aromatic heterocycles. The molecule has 6 nitrogen and oxygen atoms in total. The zero-order valence-corrected chi connectivity index (χ0v) is 10.7. The van der Waals surface area contributed by atoms with E-state index in [0.29, 0.717) is 13.1 Å². The van der Waals surface area contributed by atoms with E-state index < -0.39 is 0 Å². The van der Waals surface area contributed by atoms with Crippen LogP contribution in [0.15, 0.2) is 5.16 Å². The van der Waals surface area contributed by atoms with Gasteiger partial charge in [-0.3, -0.25) is 0 Å². The van der Waals surface area contributed by atoms with Gasteiger partial charge in [-0.2, -0.15) is 0 Å². The molecule has 4 N–H and O–H groups in total. The summed E-state index contributed by atoms with van der Waals surface area (Å²) in [6, 6.07) is -0.0459. The molecule has 0 unspecified atom stereocenters. The number of amides is 2. The van der Waals surface area contributed by atoms with E-state index in [0.717, 1.165) is 12.8 Å². The summed E-state index contributed by atoms with van der Waals surface area (Å²) in [7, 11) is 0. The van der Waals surface area contributed by atoms with Crippen LogP contribution in [0.25, 0.3) is 0 Å². The highest BCUT2D eigenvalue weighted by atomic mass is 16.4. The van der Waals surface area contributed by atoms with Gasteiger partial charge in [-0.25, -0.2) is 4.79 Å². The second-order valence-corrected chi connectivity index (χ2v) is 5.47. The van der Waals surface area contributed by atoms with Crippen molar-refractivity contribution in [2.24, 2.45) is 16.8 Å². The van der Waals surface area contributed by atoms with Crippen molar-refractivity contribution in [3.05, 3.63) is 0 Å². The molecule has 1 rings (SSSR count). The molecule has 6 heteroatoms. The number of piperidine rings is 1. The molecule has 0 atom stereocenters. The van der Waals surface area contributed by atoms with Crippen LogP contribution in [0.5, 0.6) is 0 Å². The molecular weight excluding hydrogens is 220 g/mol. The number of nitrogens with zero attached hydrogens (tertiary/aromatic N) is 2. The zero-order chi connectivity index (χ0) is 13.1. The Balaban J connectivity index is 2.44. The van der Waals surface area contributed by atoms with Crippen molar-refractivity contribution in [3.8, 4) is 0 Å². The first-order valence-electron chi connectivity index (χ1n) is 5.88. The lowest BCUT2D eigenvalue weighted by Gasteiger charge is -2.33. The smallest absolute Gasteiger partial charge is 0.317 e. The van der Waals surface area contributed by atoms with Crippen LogP contribution in [0.1, 0.15) is 33.6 Å². The summed E-state index contributed by atoms with van der Waals surface area (Å²) in [5.74, 6) is 0.347. The Morgan fingerprint density at radius 3 is 2.35 bits per heavy atom. The Kier molecular flexibility index (Phi) is 4.20. The molecule has 1 saturated heterocycles. The fourth-order valence-electron chi connectivity index (χ4n) is 1.86. The maximum absolute atomic E-state index is 11.9. The molecule has 1 fully saturated rings. The first-order valence-corrected chi connectivity index (χ1v) is 5.88. The average Bonchev–Trinajstić information content (AvgIpc) is 2.26. The van der Waals surface area contributed by atoms with E-state index >= 15 is 0 Å². The van der Waals surface area contributed by atoms with Crippen LogP contribution < -0.4 is 11.1 Å². The SMILES string of the molecule is CC(C)(C)NC(=O)N1CCC(C(N)=NO)CC1. The molecule has 1 heterocycles. The van der Waals surface area contributed by atoms with E-state index in [1.807, 2.05) is 20.8 Å². The van der Waals surface area contributed by atoms with Gasteiger partial charge in [-0.1, -0.05) is 5.16 Å². The highest BCUT2D eigenvalue weighted by molar-refractivity contribution is 5.82. The van der Waals surface area contributed by atoms with Crippen molar-refractivity contribution < 1.29 is 10.0 Å². The number of rotatable bonds is 1. The number of oxime groups is 1. The molecule has 0 saturated carbocycles. The molecule has 0 spiro atoms. The Morgan fingerprint density at radius 2 is 1.94 bits per heavy atom. The van der Waals surface area contributed by atoms with Crippen molar-refractivity contribution in [2.45, 2.75) is 39.2 Å². The molecule has 2 amide bonds. The topological polar surface area (TPSA) is 91.0 Å². The van der Waals surface area contributed by atoms with Crippen molar-refractivity contribution >= 4 is 11.9 Å². The fourth-order valence-corrected chi connectivity index (χ4v) is 1.86. The van der Waals surface area contributed by atoms with Gasteiger partial charge in [-0.15, -0.1) is 0 Å². The van der Waals surface area contributed by atoms with Gasteiger partial charge in [0.15, 0.2) is 0 Å². The quantitative estimate of drug-likeness (QED) is 0.277. The number of hydrogen-bond acceptors (Lipinski definition) is 3. The number of urea groups is 1. The summed E-state index contributed by atoms with van der Waals surface area (Å²) in [4.78, 5) is 13.6. The average molecular weight is 242 g/mol. The zero-order valence-electron chi connectivity index (χ0n) is 10.7. The van der Waals surface area contributed by atoms with Crippen LogP contribution in [0, 0.1) is 5.92 Å². The van der Waals surface area contributed by atoms with Crippen molar-refractivity contribution in [1.29, 1.82) is 0 Å². The van der Waals surface area contributed by atoms with Crippen LogP contribution in [-0.4, -0.2) is 40.6 Å². The first kappa shape index (κ1) is 13.6. The summed E-state index contributed by atoms with van der Waals surface area (Å²) in [6.45, 7) is 7.14. The maximum Gasteiger partial charge on any atom is 0.317 e. The largest absolute Gasteiger partial charge is 0.409 e. The third kappa shape index (κ3) is 4.13. The minimum atomic E-state index is -0.223. The summed E-state index contributed by atoms with van der Waals surface area (Å²) < 4.78 is 0. The van der Waals surface area contributed by atoms with E-state index in [1.165, 1.54) is 0 Å². The van der Waals surface area contributed by atoms with Gasteiger partial charge < -0.3 is 21.2 Å². The van der Waals surface area contributed by atoms with Gasteiger partial charge in [0.25, 0.3) is 0 Å². The number of amidine groups is 1. The van der Waals surface area contributed by atoms with Crippen LogP contribution in [0.3, 0.4) is 0 Å². The Labute approximate surface area is 102 Å². The van der Waals surface area contributed by atoms with E-state index in [-0.39, 0.29) is 23.3 Å². The normalized spacial score (nSPS) is 19.2. The minimum absolute atomic E-state index is 0.0459. The van der Waals surface area contributed by atoms with Gasteiger partial charge in [0, 0.05) is 24.5 Å². The number of nitrogens with one attached hydrogen (secondary N) is 1. The molecule has 1 aliphatic heterocycles. The van der Waals surface area contributed by atoms with Gasteiger partial charge in [0.05, 0.1) is 0 Å². The van der Waals surface area contributed by atoms with Gasteiger partial charge >= 0.3 is 6.03 Å². The van der Waals surface area contributed by atoms with E-state index in [4.69, 9.17) is 10.9 Å².